The summed E-state index contributed by atoms with van der Waals surface area (Å²) < 4.78 is 26.4. The van der Waals surface area contributed by atoms with E-state index in [0.717, 1.165) is 17.0 Å². The van der Waals surface area contributed by atoms with Gasteiger partial charge in [0.1, 0.15) is 17.3 Å². The number of hydrogen-bond donors (Lipinski definition) is 1. The zero-order chi connectivity index (χ0) is 11.8. The van der Waals surface area contributed by atoms with Crippen LogP contribution in [0.15, 0.2) is 42.7 Å². The van der Waals surface area contributed by atoms with Gasteiger partial charge >= 0.3 is 0 Å². The van der Waals surface area contributed by atoms with Crippen LogP contribution in [0.2, 0.25) is 0 Å². The molecule has 0 saturated heterocycles. The van der Waals surface area contributed by atoms with Gasteiger partial charge in [-0.15, -0.1) is 0 Å². The maximum atomic E-state index is 13.2. The third-order valence-electron chi connectivity index (χ3n) is 2.63. The van der Waals surface area contributed by atoms with Gasteiger partial charge < -0.3 is 4.98 Å². The van der Waals surface area contributed by atoms with Crippen LogP contribution >= 0.6 is 0 Å². The lowest BCUT2D eigenvalue weighted by atomic mass is 10.0. The maximum Gasteiger partial charge on any atom is 0.137 e. The fourth-order valence-electron chi connectivity index (χ4n) is 1.92. The lowest BCUT2D eigenvalue weighted by molar-refractivity contribution is 0.584. The Labute approximate surface area is 95.9 Å². The molecule has 3 aromatic rings. The van der Waals surface area contributed by atoms with Crippen molar-refractivity contribution < 1.29 is 8.78 Å². The molecule has 2 nitrogen and oxygen atoms in total. The first-order valence-corrected chi connectivity index (χ1v) is 5.12. The normalized spacial score (nSPS) is 10.9. The summed E-state index contributed by atoms with van der Waals surface area (Å²) in [6.45, 7) is 0. The first kappa shape index (κ1) is 9.96. The third kappa shape index (κ3) is 1.67. The van der Waals surface area contributed by atoms with Crippen LogP contribution in [0.25, 0.3) is 22.2 Å². The molecule has 17 heavy (non-hydrogen) atoms. The number of benzene rings is 1. The summed E-state index contributed by atoms with van der Waals surface area (Å²) in [4.78, 5) is 7.09. The molecule has 0 aliphatic rings. The molecule has 0 bridgehead atoms. The van der Waals surface area contributed by atoms with Crippen LogP contribution in [0.3, 0.4) is 0 Å². The summed E-state index contributed by atoms with van der Waals surface area (Å²) in [7, 11) is 0. The highest BCUT2D eigenvalue weighted by Gasteiger charge is 2.07. The van der Waals surface area contributed by atoms with Crippen LogP contribution in [0.4, 0.5) is 8.78 Å². The van der Waals surface area contributed by atoms with Crippen molar-refractivity contribution in [1.82, 2.24) is 9.97 Å². The summed E-state index contributed by atoms with van der Waals surface area (Å²) in [5.41, 5.74) is 1.97. The van der Waals surface area contributed by atoms with E-state index in [1.807, 2.05) is 6.07 Å². The minimum Gasteiger partial charge on any atom is -0.346 e. The van der Waals surface area contributed by atoms with Crippen LogP contribution in [0, 0.1) is 11.6 Å². The number of aromatic amines is 1. The van der Waals surface area contributed by atoms with E-state index in [9.17, 15) is 8.78 Å². The predicted octanol–water partition coefficient (Wildman–Crippen LogP) is 3.51. The molecule has 1 N–H and O–H groups in total. The highest BCUT2D eigenvalue weighted by Crippen LogP contribution is 2.27. The van der Waals surface area contributed by atoms with E-state index in [1.54, 1.807) is 18.5 Å². The summed E-state index contributed by atoms with van der Waals surface area (Å²) in [6.07, 6.45) is 3.35. The maximum absolute atomic E-state index is 13.2. The second-order valence-corrected chi connectivity index (χ2v) is 3.76. The Morgan fingerprint density at radius 3 is 2.53 bits per heavy atom. The number of pyridine rings is 1. The van der Waals surface area contributed by atoms with Crippen molar-refractivity contribution >= 4 is 11.0 Å². The highest BCUT2D eigenvalue weighted by molar-refractivity contribution is 5.92. The Morgan fingerprint density at radius 1 is 1.00 bits per heavy atom. The Kier molecular flexibility index (Phi) is 2.14. The summed E-state index contributed by atoms with van der Waals surface area (Å²) in [5, 5.41) is 0.845. The molecule has 2 aromatic heterocycles. The minimum atomic E-state index is -0.583. The molecule has 0 unspecified atom stereocenters. The summed E-state index contributed by atoms with van der Waals surface area (Å²) >= 11 is 0. The number of rotatable bonds is 1. The van der Waals surface area contributed by atoms with Gasteiger partial charge in [-0.05, 0) is 35.4 Å². The quantitative estimate of drug-likeness (QED) is 0.680. The number of H-pyrrole nitrogens is 1. The molecule has 0 aliphatic carbocycles. The summed E-state index contributed by atoms with van der Waals surface area (Å²) in [5.74, 6) is -1.17. The van der Waals surface area contributed by atoms with Crippen molar-refractivity contribution in [2.45, 2.75) is 0 Å². The molecule has 0 saturated carbocycles. The fraction of sp³-hybridized carbons (Fsp3) is 0. The number of hydrogen-bond acceptors (Lipinski definition) is 1. The van der Waals surface area contributed by atoms with Crippen molar-refractivity contribution in [3.63, 3.8) is 0 Å². The van der Waals surface area contributed by atoms with Crippen LogP contribution < -0.4 is 0 Å². The first-order valence-electron chi connectivity index (χ1n) is 5.12. The minimum absolute atomic E-state index is 0.509. The molecular weight excluding hydrogens is 222 g/mol. The van der Waals surface area contributed by atoms with E-state index in [4.69, 9.17) is 0 Å². The lowest BCUT2D eigenvalue weighted by Crippen LogP contribution is -1.86. The van der Waals surface area contributed by atoms with Gasteiger partial charge in [0.2, 0.25) is 0 Å². The molecule has 0 amide bonds. The van der Waals surface area contributed by atoms with E-state index in [2.05, 4.69) is 9.97 Å². The van der Waals surface area contributed by atoms with Gasteiger partial charge in [0.05, 0.1) is 0 Å². The molecule has 2 heterocycles. The van der Waals surface area contributed by atoms with E-state index in [1.165, 1.54) is 12.1 Å². The molecule has 0 radical (unpaired) electrons. The van der Waals surface area contributed by atoms with Crippen LogP contribution in [0.5, 0.6) is 0 Å². The van der Waals surface area contributed by atoms with E-state index < -0.39 is 11.6 Å². The molecule has 0 fully saturated rings. The van der Waals surface area contributed by atoms with Gasteiger partial charge in [-0.3, -0.25) is 0 Å². The molecule has 0 aliphatic heterocycles. The van der Waals surface area contributed by atoms with Gasteiger partial charge in [0, 0.05) is 23.8 Å². The molecule has 3 rings (SSSR count). The van der Waals surface area contributed by atoms with Crippen LogP contribution in [-0.4, -0.2) is 9.97 Å². The van der Waals surface area contributed by atoms with Gasteiger partial charge in [-0.1, -0.05) is 0 Å². The molecule has 0 atom stereocenters. The molecule has 4 heteroatoms. The number of nitrogens with one attached hydrogen (secondary N) is 1. The topological polar surface area (TPSA) is 28.7 Å². The smallest absolute Gasteiger partial charge is 0.137 e. The Bertz CT molecular complexity index is 668. The van der Waals surface area contributed by atoms with E-state index >= 15 is 0 Å². The first-order chi connectivity index (χ1) is 8.24. The molecule has 84 valence electrons. The van der Waals surface area contributed by atoms with E-state index in [-0.39, 0.29) is 0 Å². The average molecular weight is 230 g/mol. The number of nitrogens with zero attached hydrogens (tertiary/aromatic N) is 1. The van der Waals surface area contributed by atoms with Gasteiger partial charge in [-0.25, -0.2) is 13.8 Å². The second kappa shape index (κ2) is 3.66. The monoisotopic (exact) mass is 230 g/mol. The Morgan fingerprint density at radius 2 is 1.76 bits per heavy atom. The number of halogens is 2. The van der Waals surface area contributed by atoms with Gasteiger partial charge in [0.25, 0.3) is 0 Å². The van der Waals surface area contributed by atoms with Crippen LogP contribution in [0.1, 0.15) is 0 Å². The zero-order valence-corrected chi connectivity index (χ0v) is 8.74. The predicted molar refractivity (Wildman–Crippen MR) is 61.4 cm³/mol. The highest BCUT2D eigenvalue weighted by atomic mass is 19.1. The third-order valence-corrected chi connectivity index (χ3v) is 2.63. The molecule has 0 spiro atoms. The Balaban J connectivity index is 2.30. The average Bonchev–Trinajstić information content (AvgIpc) is 2.75. The van der Waals surface area contributed by atoms with Crippen molar-refractivity contribution in [2.75, 3.05) is 0 Å². The van der Waals surface area contributed by atoms with Crippen LogP contribution in [-0.2, 0) is 0 Å². The van der Waals surface area contributed by atoms with Gasteiger partial charge in [-0.2, -0.15) is 0 Å². The molecular formula is C13H8F2N2. The van der Waals surface area contributed by atoms with Crippen molar-refractivity contribution in [1.29, 1.82) is 0 Å². The lowest BCUT2D eigenvalue weighted by Gasteiger charge is -2.03. The standard InChI is InChI=1S/C13H8F2N2/c14-9-5-8(6-10(15)7-9)11-1-3-16-13-12(11)2-4-17-13/h1-7H,(H,16,17). The van der Waals surface area contributed by atoms with Crippen molar-refractivity contribution in [2.24, 2.45) is 0 Å². The van der Waals surface area contributed by atoms with E-state index in [0.29, 0.717) is 11.2 Å². The Hall–Kier alpha value is -2.23. The van der Waals surface area contributed by atoms with Crippen molar-refractivity contribution in [3.05, 3.63) is 54.4 Å². The fourth-order valence-corrected chi connectivity index (χ4v) is 1.92. The number of fused-ring (bicyclic) bond motifs is 1. The SMILES string of the molecule is Fc1cc(F)cc(-c2ccnc3[nH]ccc23)c1. The van der Waals surface area contributed by atoms with Gasteiger partial charge in [0.15, 0.2) is 0 Å². The number of aromatic nitrogens is 2. The second-order valence-electron chi connectivity index (χ2n) is 3.76. The zero-order valence-electron chi connectivity index (χ0n) is 8.74. The largest absolute Gasteiger partial charge is 0.346 e. The molecule has 1 aromatic carbocycles. The summed E-state index contributed by atoms with van der Waals surface area (Å²) in [6, 6.07) is 7.06. The van der Waals surface area contributed by atoms with Crippen molar-refractivity contribution in [3.8, 4) is 11.1 Å².